The Kier molecular flexibility index (Phi) is 5.06. The van der Waals surface area contributed by atoms with Crippen LogP contribution in [-0.4, -0.2) is 0 Å². The summed E-state index contributed by atoms with van der Waals surface area (Å²) in [6, 6.07) is 10.5. The summed E-state index contributed by atoms with van der Waals surface area (Å²) in [7, 11) is 0. The minimum absolute atomic E-state index is 0.833. The van der Waals surface area contributed by atoms with Crippen molar-refractivity contribution in [3.05, 3.63) is 42.0 Å². The van der Waals surface area contributed by atoms with Crippen LogP contribution in [0.5, 0.6) is 0 Å². The van der Waals surface area contributed by atoms with Crippen LogP contribution in [0.15, 0.2) is 36.4 Å². The first-order valence-corrected chi connectivity index (χ1v) is 5.50. The summed E-state index contributed by atoms with van der Waals surface area (Å²) in [5, 5.41) is 0. The van der Waals surface area contributed by atoms with Gasteiger partial charge in [-0.1, -0.05) is 62.8 Å². The second kappa shape index (κ2) is 6.42. The van der Waals surface area contributed by atoms with Crippen LogP contribution in [0, 0.1) is 5.92 Å². The second-order valence-electron chi connectivity index (χ2n) is 4.14. The van der Waals surface area contributed by atoms with Crippen LogP contribution in [0.3, 0.4) is 0 Å². The fourth-order valence-electron chi connectivity index (χ4n) is 1.43. The molecule has 76 valence electrons. The van der Waals surface area contributed by atoms with Crippen LogP contribution in [0.2, 0.25) is 0 Å². The van der Waals surface area contributed by atoms with Crippen LogP contribution < -0.4 is 0 Å². The number of benzene rings is 1. The molecule has 0 aliphatic rings. The molecule has 0 bridgehead atoms. The molecule has 0 radical (unpaired) electrons. The molecule has 0 amide bonds. The first-order chi connectivity index (χ1) is 6.79. The molecule has 1 aromatic carbocycles. The van der Waals surface area contributed by atoms with Gasteiger partial charge in [-0.05, 0) is 24.3 Å². The minimum Gasteiger partial charge on any atom is -0.0839 e. The van der Waals surface area contributed by atoms with Crippen LogP contribution in [0.1, 0.15) is 38.7 Å². The summed E-state index contributed by atoms with van der Waals surface area (Å²) in [4.78, 5) is 0. The Balaban J connectivity index is 2.21. The standard InChI is InChI=1S/C14H20/c1-13(2)9-5-3-6-10-14-11-7-4-8-12-14/h4,6-8,10-13H,3,5,9H2,1-2H3/b10-6+. The first kappa shape index (κ1) is 11.0. The number of hydrogen-bond acceptors (Lipinski definition) is 0. The number of rotatable bonds is 5. The normalized spacial score (nSPS) is 11.4. The van der Waals surface area contributed by atoms with Crippen molar-refractivity contribution in [2.45, 2.75) is 33.1 Å². The van der Waals surface area contributed by atoms with Gasteiger partial charge in [-0.3, -0.25) is 0 Å². The molecule has 1 aromatic rings. The maximum Gasteiger partial charge on any atom is -0.0260 e. The lowest BCUT2D eigenvalue weighted by atomic mass is 10.1. The van der Waals surface area contributed by atoms with Crippen molar-refractivity contribution in [2.75, 3.05) is 0 Å². The largest absolute Gasteiger partial charge is 0.0839 e. The van der Waals surface area contributed by atoms with Gasteiger partial charge in [0.05, 0.1) is 0 Å². The molecule has 0 saturated carbocycles. The SMILES string of the molecule is CC(C)CCC/C=C/c1ccccc1. The van der Waals surface area contributed by atoms with E-state index < -0.39 is 0 Å². The molecule has 0 N–H and O–H groups in total. The third-order valence-corrected chi connectivity index (χ3v) is 2.26. The molecule has 0 aliphatic carbocycles. The van der Waals surface area contributed by atoms with Crippen molar-refractivity contribution in [1.82, 2.24) is 0 Å². The summed E-state index contributed by atoms with van der Waals surface area (Å²) in [6.45, 7) is 4.56. The summed E-state index contributed by atoms with van der Waals surface area (Å²) in [6.07, 6.45) is 8.32. The third-order valence-electron chi connectivity index (χ3n) is 2.26. The molecule has 0 aromatic heterocycles. The van der Waals surface area contributed by atoms with Crippen molar-refractivity contribution in [2.24, 2.45) is 5.92 Å². The highest BCUT2D eigenvalue weighted by molar-refractivity contribution is 5.48. The Hall–Kier alpha value is -1.04. The molecule has 0 unspecified atom stereocenters. The maximum atomic E-state index is 2.28. The molecule has 0 heteroatoms. The molecular formula is C14H20. The van der Waals surface area contributed by atoms with Crippen molar-refractivity contribution in [3.63, 3.8) is 0 Å². The lowest BCUT2D eigenvalue weighted by molar-refractivity contribution is 0.560. The molecule has 0 atom stereocenters. The second-order valence-corrected chi connectivity index (χ2v) is 4.14. The number of unbranched alkanes of at least 4 members (excludes halogenated alkanes) is 1. The quantitative estimate of drug-likeness (QED) is 0.596. The number of hydrogen-bond donors (Lipinski definition) is 0. The molecule has 0 nitrogen and oxygen atoms in total. The summed E-state index contributed by atoms with van der Waals surface area (Å²) >= 11 is 0. The van der Waals surface area contributed by atoms with Gasteiger partial charge in [-0.2, -0.15) is 0 Å². The van der Waals surface area contributed by atoms with Gasteiger partial charge in [0.15, 0.2) is 0 Å². The van der Waals surface area contributed by atoms with E-state index in [1.54, 1.807) is 0 Å². The molecular weight excluding hydrogens is 168 g/mol. The maximum absolute atomic E-state index is 2.28. The van der Waals surface area contributed by atoms with E-state index in [1.807, 2.05) is 0 Å². The Labute approximate surface area is 87.7 Å². The van der Waals surface area contributed by atoms with Crippen LogP contribution in [0.25, 0.3) is 6.08 Å². The third kappa shape index (κ3) is 4.86. The lowest BCUT2D eigenvalue weighted by Crippen LogP contribution is -1.84. The van der Waals surface area contributed by atoms with Crippen LogP contribution >= 0.6 is 0 Å². The fourth-order valence-corrected chi connectivity index (χ4v) is 1.43. The van der Waals surface area contributed by atoms with Crippen LogP contribution in [0.4, 0.5) is 0 Å². The van der Waals surface area contributed by atoms with Gasteiger partial charge < -0.3 is 0 Å². The van der Waals surface area contributed by atoms with Crippen molar-refractivity contribution >= 4 is 6.08 Å². The van der Waals surface area contributed by atoms with Gasteiger partial charge >= 0.3 is 0 Å². The topological polar surface area (TPSA) is 0 Å². The van der Waals surface area contributed by atoms with Crippen molar-refractivity contribution in [3.8, 4) is 0 Å². The molecule has 0 spiro atoms. The van der Waals surface area contributed by atoms with Gasteiger partial charge in [-0.25, -0.2) is 0 Å². The van der Waals surface area contributed by atoms with E-state index in [4.69, 9.17) is 0 Å². The Morgan fingerprint density at radius 1 is 1.14 bits per heavy atom. The highest BCUT2D eigenvalue weighted by Gasteiger charge is 1.91. The Morgan fingerprint density at radius 3 is 2.50 bits per heavy atom. The van der Waals surface area contributed by atoms with E-state index in [0.29, 0.717) is 0 Å². The zero-order chi connectivity index (χ0) is 10.2. The van der Waals surface area contributed by atoms with E-state index in [1.165, 1.54) is 24.8 Å². The first-order valence-electron chi connectivity index (χ1n) is 5.50. The Bertz CT molecular complexity index is 257. The van der Waals surface area contributed by atoms with Crippen LogP contribution in [-0.2, 0) is 0 Å². The molecule has 0 fully saturated rings. The minimum atomic E-state index is 0.833. The predicted octanol–water partition coefficient (Wildman–Crippen LogP) is 4.53. The van der Waals surface area contributed by atoms with Gasteiger partial charge in [0.25, 0.3) is 0 Å². The van der Waals surface area contributed by atoms with Gasteiger partial charge in [-0.15, -0.1) is 0 Å². The average molecular weight is 188 g/mol. The van der Waals surface area contributed by atoms with Gasteiger partial charge in [0.1, 0.15) is 0 Å². The van der Waals surface area contributed by atoms with E-state index in [-0.39, 0.29) is 0 Å². The van der Waals surface area contributed by atoms with Crippen molar-refractivity contribution in [1.29, 1.82) is 0 Å². The molecule has 0 saturated heterocycles. The Morgan fingerprint density at radius 2 is 1.86 bits per heavy atom. The zero-order valence-corrected chi connectivity index (χ0v) is 9.24. The molecule has 14 heavy (non-hydrogen) atoms. The van der Waals surface area contributed by atoms with Gasteiger partial charge in [0, 0.05) is 0 Å². The summed E-state index contributed by atoms with van der Waals surface area (Å²) < 4.78 is 0. The molecule has 1 rings (SSSR count). The highest BCUT2D eigenvalue weighted by Crippen LogP contribution is 2.08. The monoisotopic (exact) mass is 188 g/mol. The summed E-state index contributed by atoms with van der Waals surface area (Å²) in [5.74, 6) is 0.833. The fraction of sp³-hybridized carbons (Fsp3) is 0.429. The summed E-state index contributed by atoms with van der Waals surface area (Å²) in [5.41, 5.74) is 1.30. The number of allylic oxidation sites excluding steroid dienone is 1. The highest BCUT2D eigenvalue weighted by atomic mass is 14.0. The van der Waals surface area contributed by atoms with Crippen molar-refractivity contribution < 1.29 is 0 Å². The molecule has 0 aliphatic heterocycles. The zero-order valence-electron chi connectivity index (χ0n) is 9.24. The van der Waals surface area contributed by atoms with E-state index in [9.17, 15) is 0 Å². The average Bonchev–Trinajstić information content (AvgIpc) is 2.18. The predicted molar refractivity (Wildman–Crippen MR) is 64.2 cm³/mol. The van der Waals surface area contributed by atoms with E-state index in [0.717, 1.165) is 5.92 Å². The lowest BCUT2D eigenvalue weighted by Gasteiger charge is -2.00. The van der Waals surface area contributed by atoms with Gasteiger partial charge in [0.2, 0.25) is 0 Å². The molecule has 0 heterocycles. The van der Waals surface area contributed by atoms with E-state index >= 15 is 0 Å². The van der Waals surface area contributed by atoms with E-state index in [2.05, 4.69) is 56.3 Å². The smallest absolute Gasteiger partial charge is 0.0260 e.